The zero-order valence-corrected chi connectivity index (χ0v) is 8.18. The lowest BCUT2D eigenvalue weighted by Gasteiger charge is -2.19. The van der Waals surface area contributed by atoms with Gasteiger partial charge >= 0.3 is 5.97 Å². The molecule has 0 aliphatic carbocycles. The average Bonchev–Trinajstić information content (AvgIpc) is 2.30. The minimum absolute atomic E-state index is 0.217. The molecular weight excluding hydrogens is 192 g/mol. The van der Waals surface area contributed by atoms with E-state index in [-0.39, 0.29) is 6.17 Å². The number of aromatic carboxylic acids is 1. The molecule has 4 heteroatoms. The predicted octanol–water partition coefficient (Wildman–Crippen LogP) is 1.45. The monoisotopic (exact) mass is 204 g/mol. The molecule has 0 amide bonds. The van der Waals surface area contributed by atoms with Crippen LogP contribution in [0.25, 0.3) is 0 Å². The number of rotatable bonds is 2. The van der Waals surface area contributed by atoms with E-state index in [1.807, 2.05) is 12.3 Å². The van der Waals surface area contributed by atoms with E-state index in [2.05, 4.69) is 10.3 Å². The Labute approximate surface area is 87.7 Å². The lowest BCUT2D eigenvalue weighted by atomic mass is 10.0. The van der Waals surface area contributed by atoms with Crippen LogP contribution in [-0.4, -0.2) is 23.8 Å². The van der Waals surface area contributed by atoms with Crippen molar-refractivity contribution < 1.29 is 9.90 Å². The van der Waals surface area contributed by atoms with Crippen LogP contribution in [-0.2, 0) is 0 Å². The molecular formula is C11H12N2O2. The summed E-state index contributed by atoms with van der Waals surface area (Å²) in [6, 6.07) is 6.94. The van der Waals surface area contributed by atoms with E-state index in [1.165, 1.54) is 0 Å². The molecule has 1 aliphatic heterocycles. The Hall–Kier alpha value is -1.68. The Morgan fingerprint density at radius 2 is 2.27 bits per heavy atom. The maximum Gasteiger partial charge on any atom is 0.336 e. The van der Waals surface area contributed by atoms with E-state index < -0.39 is 5.97 Å². The highest BCUT2D eigenvalue weighted by Gasteiger charge is 2.17. The molecule has 15 heavy (non-hydrogen) atoms. The number of hydrogen-bond acceptors (Lipinski definition) is 3. The lowest BCUT2D eigenvalue weighted by Crippen LogP contribution is -2.26. The van der Waals surface area contributed by atoms with Crippen LogP contribution < -0.4 is 5.32 Å². The second-order valence-electron chi connectivity index (χ2n) is 3.37. The Kier molecular flexibility index (Phi) is 2.78. The molecule has 78 valence electrons. The highest BCUT2D eigenvalue weighted by atomic mass is 16.4. The van der Waals surface area contributed by atoms with Crippen molar-refractivity contribution in [3.8, 4) is 0 Å². The van der Waals surface area contributed by atoms with Gasteiger partial charge < -0.3 is 5.11 Å². The van der Waals surface area contributed by atoms with Crippen molar-refractivity contribution in [2.24, 2.45) is 4.99 Å². The molecule has 2 N–H and O–H groups in total. The normalized spacial score (nSPS) is 20.1. The third-order valence-electron chi connectivity index (χ3n) is 2.35. The van der Waals surface area contributed by atoms with E-state index in [0.717, 1.165) is 18.5 Å². The number of aliphatic imine (C=N–C) groups is 1. The Bertz CT molecular complexity index is 401. The van der Waals surface area contributed by atoms with Crippen molar-refractivity contribution in [3.05, 3.63) is 35.4 Å². The van der Waals surface area contributed by atoms with Gasteiger partial charge in [-0.3, -0.25) is 10.3 Å². The smallest absolute Gasteiger partial charge is 0.336 e. The van der Waals surface area contributed by atoms with Gasteiger partial charge in [-0.05, 0) is 12.5 Å². The number of nitrogens with one attached hydrogen (secondary N) is 1. The molecule has 0 fully saturated rings. The van der Waals surface area contributed by atoms with Crippen LogP contribution in [0.5, 0.6) is 0 Å². The first-order valence-corrected chi connectivity index (χ1v) is 4.86. The Morgan fingerprint density at radius 3 is 2.93 bits per heavy atom. The standard InChI is InChI=1S/C11H12N2O2/c14-11(15)9-5-2-1-4-8(9)10-12-6-3-7-13-10/h1-2,4-6,10,13H,3,7H2,(H,14,15). The minimum atomic E-state index is -0.909. The molecule has 1 aromatic carbocycles. The average molecular weight is 204 g/mol. The third kappa shape index (κ3) is 2.05. The molecule has 0 spiro atoms. The molecule has 0 saturated carbocycles. The molecule has 1 aromatic rings. The molecule has 0 bridgehead atoms. The molecule has 4 nitrogen and oxygen atoms in total. The van der Waals surface area contributed by atoms with Crippen LogP contribution in [0, 0.1) is 0 Å². The van der Waals surface area contributed by atoms with Gasteiger partial charge in [0.25, 0.3) is 0 Å². The van der Waals surface area contributed by atoms with Gasteiger partial charge in [0, 0.05) is 18.3 Å². The van der Waals surface area contributed by atoms with Gasteiger partial charge in [0.05, 0.1) is 5.56 Å². The zero-order valence-electron chi connectivity index (χ0n) is 8.18. The summed E-state index contributed by atoms with van der Waals surface area (Å²) in [6.45, 7) is 0.835. The lowest BCUT2D eigenvalue weighted by molar-refractivity contribution is 0.0695. The van der Waals surface area contributed by atoms with Crippen LogP contribution in [0.1, 0.15) is 28.5 Å². The summed E-state index contributed by atoms with van der Waals surface area (Å²) in [6.07, 6.45) is 2.51. The fourth-order valence-electron chi connectivity index (χ4n) is 1.64. The van der Waals surface area contributed by atoms with Crippen molar-refractivity contribution in [3.63, 3.8) is 0 Å². The van der Waals surface area contributed by atoms with Gasteiger partial charge in [0.2, 0.25) is 0 Å². The maximum absolute atomic E-state index is 11.0. The number of carbonyl (C=O) groups is 1. The second kappa shape index (κ2) is 4.23. The highest BCUT2D eigenvalue weighted by molar-refractivity contribution is 5.89. The van der Waals surface area contributed by atoms with E-state index >= 15 is 0 Å². The largest absolute Gasteiger partial charge is 0.478 e. The summed E-state index contributed by atoms with van der Waals surface area (Å²) >= 11 is 0. The van der Waals surface area contributed by atoms with Crippen LogP contribution in [0.15, 0.2) is 29.3 Å². The summed E-state index contributed by atoms with van der Waals surface area (Å²) < 4.78 is 0. The van der Waals surface area contributed by atoms with Crippen molar-refractivity contribution in [2.45, 2.75) is 12.6 Å². The topological polar surface area (TPSA) is 61.7 Å². The summed E-state index contributed by atoms with van der Waals surface area (Å²) in [7, 11) is 0. The quantitative estimate of drug-likeness (QED) is 0.766. The predicted molar refractivity (Wildman–Crippen MR) is 57.3 cm³/mol. The van der Waals surface area contributed by atoms with Gasteiger partial charge in [-0.1, -0.05) is 18.2 Å². The Balaban J connectivity index is 2.37. The van der Waals surface area contributed by atoms with Crippen molar-refractivity contribution in [2.75, 3.05) is 6.54 Å². The first-order chi connectivity index (χ1) is 7.29. The summed E-state index contributed by atoms with van der Waals surface area (Å²) in [5.74, 6) is -0.909. The number of benzene rings is 1. The number of carboxylic acid groups (broad SMARTS) is 1. The van der Waals surface area contributed by atoms with Gasteiger partial charge in [-0.25, -0.2) is 4.79 Å². The molecule has 2 rings (SSSR count). The van der Waals surface area contributed by atoms with Crippen LogP contribution in [0.3, 0.4) is 0 Å². The molecule has 0 aromatic heterocycles. The third-order valence-corrected chi connectivity index (χ3v) is 2.35. The van der Waals surface area contributed by atoms with E-state index in [1.54, 1.807) is 18.2 Å². The first kappa shape index (κ1) is 9.86. The molecule has 1 atom stereocenters. The van der Waals surface area contributed by atoms with Gasteiger partial charge in [0.1, 0.15) is 6.17 Å². The molecule has 0 radical (unpaired) electrons. The van der Waals surface area contributed by atoms with Gasteiger partial charge in [0.15, 0.2) is 0 Å². The van der Waals surface area contributed by atoms with Crippen molar-refractivity contribution >= 4 is 12.2 Å². The summed E-state index contributed by atoms with van der Waals surface area (Å²) in [5.41, 5.74) is 1.04. The van der Waals surface area contributed by atoms with Crippen molar-refractivity contribution in [1.29, 1.82) is 0 Å². The van der Waals surface area contributed by atoms with Crippen LogP contribution in [0.4, 0.5) is 0 Å². The van der Waals surface area contributed by atoms with E-state index in [0.29, 0.717) is 5.56 Å². The van der Waals surface area contributed by atoms with Gasteiger partial charge in [-0.15, -0.1) is 0 Å². The summed E-state index contributed by atoms with van der Waals surface area (Å²) in [5, 5.41) is 12.2. The molecule has 0 saturated heterocycles. The van der Waals surface area contributed by atoms with Crippen LogP contribution >= 0.6 is 0 Å². The Morgan fingerprint density at radius 1 is 1.47 bits per heavy atom. The number of nitrogens with zero attached hydrogens (tertiary/aromatic N) is 1. The second-order valence-corrected chi connectivity index (χ2v) is 3.37. The number of hydrogen-bond donors (Lipinski definition) is 2. The highest BCUT2D eigenvalue weighted by Crippen LogP contribution is 2.20. The molecule has 1 heterocycles. The molecule has 1 aliphatic rings. The summed E-state index contributed by atoms with van der Waals surface area (Å²) in [4.78, 5) is 15.2. The molecule has 1 unspecified atom stereocenters. The minimum Gasteiger partial charge on any atom is -0.478 e. The van der Waals surface area contributed by atoms with Crippen LogP contribution in [0.2, 0.25) is 0 Å². The fourth-order valence-corrected chi connectivity index (χ4v) is 1.64. The first-order valence-electron chi connectivity index (χ1n) is 4.86. The van der Waals surface area contributed by atoms with Crippen molar-refractivity contribution in [1.82, 2.24) is 5.32 Å². The SMILES string of the molecule is O=C(O)c1ccccc1C1N=CCCN1. The fraction of sp³-hybridized carbons (Fsp3) is 0.273. The van der Waals surface area contributed by atoms with Gasteiger partial charge in [-0.2, -0.15) is 0 Å². The van der Waals surface area contributed by atoms with E-state index in [9.17, 15) is 4.79 Å². The maximum atomic E-state index is 11.0. The number of carboxylic acids is 1. The zero-order chi connectivity index (χ0) is 10.7. The van der Waals surface area contributed by atoms with E-state index in [4.69, 9.17) is 5.11 Å².